The Balaban J connectivity index is 0. The first kappa shape index (κ1) is 12.5. The molecule has 0 saturated heterocycles. The van der Waals surface area contributed by atoms with Gasteiger partial charge >= 0.3 is 10.4 Å². The normalized spacial score (nSPS) is 10.0. The SMILES string of the molecule is CCCNN.O=S(=O)(O)O. The van der Waals surface area contributed by atoms with Gasteiger partial charge in [0.15, 0.2) is 0 Å². The molecule has 0 amide bonds. The summed E-state index contributed by atoms with van der Waals surface area (Å²) in [6.07, 6.45) is 1.11. The van der Waals surface area contributed by atoms with Crippen LogP contribution in [0.25, 0.3) is 0 Å². The Morgan fingerprint density at radius 1 is 1.50 bits per heavy atom. The molecular weight excluding hydrogens is 160 g/mol. The zero-order valence-corrected chi connectivity index (χ0v) is 6.43. The van der Waals surface area contributed by atoms with Crippen LogP contribution < -0.4 is 11.3 Å². The average Bonchev–Trinajstić information content (AvgIpc) is 1.63. The lowest BCUT2D eigenvalue weighted by atomic mass is 10.5. The summed E-state index contributed by atoms with van der Waals surface area (Å²) in [4.78, 5) is 0. The number of hydrogen-bond donors (Lipinski definition) is 4. The Kier molecular flexibility index (Phi) is 8.61. The van der Waals surface area contributed by atoms with Crippen molar-refractivity contribution in [1.29, 1.82) is 0 Å². The van der Waals surface area contributed by atoms with E-state index in [1.807, 2.05) is 0 Å². The zero-order chi connectivity index (χ0) is 8.62. The van der Waals surface area contributed by atoms with Gasteiger partial charge in [-0.3, -0.25) is 20.4 Å². The van der Waals surface area contributed by atoms with Crippen LogP contribution in [-0.2, 0) is 10.4 Å². The fourth-order valence-electron chi connectivity index (χ4n) is 0.144. The molecule has 0 bridgehead atoms. The maximum atomic E-state index is 8.74. The highest BCUT2D eigenvalue weighted by Gasteiger charge is 1.84. The van der Waals surface area contributed by atoms with Crippen molar-refractivity contribution >= 4 is 10.4 Å². The molecule has 0 aliphatic heterocycles. The summed E-state index contributed by atoms with van der Waals surface area (Å²) in [5.74, 6) is 4.89. The van der Waals surface area contributed by atoms with Crippen LogP contribution >= 0.6 is 0 Å². The van der Waals surface area contributed by atoms with E-state index in [-0.39, 0.29) is 0 Å². The second kappa shape index (κ2) is 6.90. The molecule has 0 aromatic carbocycles. The van der Waals surface area contributed by atoms with E-state index in [4.69, 9.17) is 23.4 Å². The van der Waals surface area contributed by atoms with E-state index in [0.717, 1.165) is 13.0 Å². The Morgan fingerprint density at radius 3 is 1.80 bits per heavy atom. The highest BCUT2D eigenvalue weighted by molar-refractivity contribution is 7.79. The predicted octanol–water partition coefficient (Wildman–Crippen LogP) is -0.793. The molecule has 10 heavy (non-hydrogen) atoms. The summed E-state index contributed by atoms with van der Waals surface area (Å²) in [6, 6.07) is 0. The van der Waals surface area contributed by atoms with Crippen molar-refractivity contribution in [2.24, 2.45) is 5.84 Å². The van der Waals surface area contributed by atoms with E-state index < -0.39 is 10.4 Å². The minimum atomic E-state index is -4.67. The van der Waals surface area contributed by atoms with Gasteiger partial charge in [0, 0.05) is 6.54 Å². The van der Waals surface area contributed by atoms with E-state index in [2.05, 4.69) is 12.3 Å². The first-order valence-electron chi connectivity index (χ1n) is 2.55. The molecular formula is C3H12N2O4S. The van der Waals surface area contributed by atoms with Crippen LogP contribution in [0.15, 0.2) is 0 Å². The number of hydrazine groups is 1. The Morgan fingerprint density at radius 2 is 1.80 bits per heavy atom. The first-order valence-corrected chi connectivity index (χ1v) is 3.94. The fraction of sp³-hybridized carbons (Fsp3) is 1.00. The van der Waals surface area contributed by atoms with Crippen molar-refractivity contribution in [2.45, 2.75) is 13.3 Å². The standard InChI is InChI=1S/C3H10N2.H2O4S/c1-2-3-5-4;1-5(2,3)4/h5H,2-4H2,1H3;(H2,1,2,3,4). The molecule has 0 heterocycles. The van der Waals surface area contributed by atoms with Crippen molar-refractivity contribution in [2.75, 3.05) is 6.54 Å². The Hall–Kier alpha value is -0.210. The van der Waals surface area contributed by atoms with Gasteiger partial charge in [-0.05, 0) is 6.42 Å². The lowest BCUT2D eigenvalue weighted by molar-refractivity contribution is 0.381. The number of nitrogens with two attached hydrogens (primary N) is 1. The smallest absolute Gasteiger partial charge is 0.271 e. The molecule has 0 radical (unpaired) electrons. The fourth-order valence-corrected chi connectivity index (χ4v) is 0.144. The van der Waals surface area contributed by atoms with Gasteiger partial charge in [0.05, 0.1) is 0 Å². The van der Waals surface area contributed by atoms with Gasteiger partial charge in [0.25, 0.3) is 0 Å². The molecule has 0 aromatic rings. The van der Waals surface area contributed by atoms with Gasteiger partial charge in [-0.2, -0.15) is 8.42 Å². The van der Waals surface area contributed by atoms with Crippen molar-refractivity contribution in [3.63, 3.8) is 0 Å². The van der Waals surface area contributed by atoms with Crippen molar-refractivity contribution in [3.8, 4) is 0 Å². The quantitative estimate of drug-likeness (QED) is 0.246. The molecule has 5 N–H and O–H groups in total. The van der Waals surface area contributed by atoms with Crippen LogP contribution in [0, 0.1) is 0 Å². The van der Waals surface area contributed by atoms with Crippen molar-refractivity contribution < 1.29 is 17.5 Å². The number of nitrogens with one attached hydrogen (secondary N) is 1. The molecule has 0 aliphatic rings. The number of rotatable bonds is 2. The summed E-state index contributed by atoms with van der Waals surface area (Å²) in [7, 11) is -4.67. The molecule has 0 unspecified atom stereocenters. The lowest BCUT2D eigenvalue weighted by Gasteiger charge is -1.85. The zero-order valence-electron chi connectivity index (χ0n) is 5.61. The van der Waals surface area contributed by atoms with Gasteiger partial charge in [-0.25, -0.2) is 0 Å². The van der Waals surface area contributed by atoms with Crippen LogP contribution in [-0.4, -0.2) is 24.1 Å². The molecule has 0 fully saturated rings. The molecule has 0 aliphatic carbocycles. The average molecular weight is 172 g/mol. The summed E-state index contributed by atoms with van der Waals surface area (Å²) in [6.45, 7) is 2.99. The molecule has 6 nitrogen and oxygen atoms in total. The van der Waals surface area contributed by atoms with E-state index in [1.54, 1.807) is 0 Å². The van der Waals surface area contributed by atoms with Gasteiger partial charge < -0.3 is 0 Å². The van der Waals surface area contributed by atoms with Gasteiger partial charge in [-0.1, -0.05) is 6.92 Å². The molecule has 0 atom stereocenters. The van der Waals surface area contributed by atoms with Crippen LogP contribution in [0.2, 0.25) is 0 Å². The largest absolute Gasteiger partial charge is 0.394 e. The number of hydrogen-bond acceptors (Lipinski definition) is 4. The van der Waals surface area contributed by atoms with Gasteiger partial charge in [0.1, 0.15) is 0 Å². The topological polar surface area (TPSA) is 113 Å². The first-order chi connectivity index (χ1) is 4.41. The minimum absolute atomic E-state index is 0.917. The van der Waals surface area contributed by atoms with E-state index in [1.165, 1.54) is 0 Å². The third-order valence-electron chi connectivity index (χ3n) is 0.394. The van der Waals surface area contributed by atoms with Gasteiger partial charge in [-0.15, -0.1) is 0 Å². The summed E-state index contributed by atoms with van der Waals surface area (Å²) in [5, 5.41) is 0. The maximum absolute atomic E-state index is 8.74. The van der Waals surface area contributed by atoms with E-state index in [9.17, 15) is 0 Å². The summed E-state index contributed by atoms with van der Waals surface area (Å²) in [5.41, 5.74) is 2.52. The third kappa shape index (κ3) is 112. The van der Waals surface area contributed by atoms with Crippen LogP contribution in [0.4, 0.5) is 0 Å². The molecule has 0 spiro atoms. The molecule has 7 heteroatoms. The van der Waals surface area contributed by atoms with Crippen LogP contribution in [0.1, 0.15) is 13.3 Å². The Bertz CT molecular complexity index is 133. The highest BCUT2D eigenvalue weighted by atomic mass is 32.3. The summed E-state index contributed by atoms with van der Waals surface area (Å²) < 4.78 is 31.6. The van der Waals surface area contributed by atoms with Crippen LogP contribution in [0.5, 0.6) is 0 Å². The molecule has 0 saturated carbocycles. The minimum Gasteiger partial charge on any atom is -0.271 e. The second-order valence-corrected chi connectivity index (χ2v) is 2.30. The van der Waals surface area contributed by atoms with Gasteiger partial charge in [0.2, 0.25) is 0 Å². The van der Waals surface area contributed by atoms with Crippen LogP contribution in [0.3, 0.4) is 0 Å². The van der Waals surface area contributed by atoms with E-state index in [0.29, 0.717) is 0 Å². The molecule has 64 valence electrons. The third-order valence-corrected chi connectivity index (χ3v) is 0.394. The van der Waals surface area contributed by atoms with Crippen molar-refractivity contribution in [1.82, 2.24) is 5.43 Å². The van der Waals surface area contributed by atoms with E-state index >= 15 is 0 Å². The Labute approximate surface area is 60.0 Å². The molecule has 0 aromatic heterocycles. The summed E-state index contributed by atoms with van der Waals surface area (Å²) >= 11 is 0. The van der Waals surface area contributed by atoms with Crippen molar-refractivity contribution in [3.05, 3.63) is 0 Å². The lowest BCUT2D eigenvalue weighted by Crippen LogP contribution is -2.21. The second-order valence-electron chi connectivity index (χ2n) is 1.40. The molecule has 0 rings (SSSR count). The highest BCUT2D eigenvalue weighted by Crippen LogP contribution is 1.61. The maximum Gasteiger partial charge on any atom is 0.394 e. The predicted molar refractivity (Wildman–Crippen MR) is 36.7 cm³/mol. The monoisotopic (exact) mass is 172 g/mol.